The molecule has 1 unspecified atom stereocenters. The highest BCUT2D eigenvalue weighted by Crippen LogP contribution is 2.38. The fourth-order valence-corrected chi connectivity index (χ4v) is 4.73. The Balaban J connectivity index is 0.000000806. The lowest BCUT2D eigenvalue weighted by Crippen LogP contribution is -2.60. The molecule has 4 rings (SSSR count). The number of benzene rings is 1. The molecular weight excluding hydrogens is 388 g/mol. The third-order valence-electron chi connectivity index (χ3n) is 6.04. The minimum Gasteiger partial charge on any atom is -0.483 e. The molecule has 30 heavy (non-hydrogen) atoms. The highest BCUT2D eigenvalue weighted by molar-refractivity contribution is 5.92. The first-order chi connectivity index (χ1) is 14.5. The fourth-order valence-electron chi connectivity index (χ4n) is 4.73. The number of para-hydroxylation sites is 2. The van der Waals surface area contributed by atoms with Gasteiger partial charge in [-0.25, -0.2) is 4.98 Å². The van der Waals surface area contributed by atoms with Gasteiger partial charge in [0, 0.05) is 33.1 Å². The van der Waals surface area contributed by atoms with Crippen LogP contribution in [0.15, 0.2) is 24.3 Å². The van der Waals surface area contributed by atoms with Crippen molar-refractivity contribution in [2.75, 3.05) is 20.1 Å². The van der Waals surface area contributed by atoms with E-state index in [-0.39, 0.29) is 24.9 Å². The number of likely N-dealkylation sites (N-methyl/N-ethyl adjacent to an activating group) is 1. The Morgan fingerprint density at radius 3 is 2.60 bits per heavy atom. The Bertz CT molecular complexity index is 927. The summed E-state index contributed by atoms with van der Waals surface area (Å²) in [6.45, 7) is 1.45. The van der Waals surface area contributed by atoms with Gasteiger partial charge in [-0.15, -0.1) is 0 Å². The molecule has 1 aromatic carbocycles. The Labute approximate surface area is 174 Å². The maximum Gasteiger partial charge on any atom is 0.290 e. The van der Waals surface area contributed by atoms with Crippen LogP contribution in [0, 0.1) is 0 Å². The number of nitrogens with zero attached hydrogens (tertiary/aromatic N) is 4. The van der Waals surface area contributed by atoms with Crippen molar-refractivity contribution in [3.05, 3.63) is 30.1 Å². The second-order valence-corrected chi connectivity index (χ2v) is 7.69. The molecule has 1 atom stereocenters. The number of fused-ring (bicyclic) bond motifs is 1. The molecule has 2 N–H and O–H groups in total. The average molecular weight is 416 g/mol. The fraction of sp³-hybridized carbons (Fsp3) is 0.524. The zero-order chi connectivity index (χ0) is 21.7. The minimum absolute atomic E-state index is 0.0119. The normalized spacial score (nSPS) is 21.1. The predicted octanol–water partition coefficient (Wildman–Crippen LogP) is 1.23. The van der Waals surface area contributed by atoms with Gasteiger partial charge in [0.15, 0.2) is 0 Å². The largest absolute Gasteiger partial charge is 0.483 e. The lowest BCUT2D eigenvalue weighted by atomic mass is 9.85. The summed E-state index contributed by atoms with van der Waals surface area (Å²) < 4.78 is 1.91. The first kappa shape index (κ1) is 21.8. The average Bonchev–Trinajstić information content (AvgIpc) is 3.32. The van der Waals surface area contributed by atoms with Crippen molar-refractivity contribution in [1.29, 1.82) is 0 Å². The van der Waals surface area contributed by atoms with Crippen LogP contribution in [-0.4, -0.2) is 73.5 Å². The number of aliphatic hydroxyl groups excluding tert-OH is 1. The quantitative estimate of drug-likeness (QED) is 0.725. The molecule has 1 aromatic heterocycles. The topological polar surface area (TPSA) is 116 Å². The Morgan fingerprint density at radius 1 is 1.23 bits per heavy atom. The second kappa shape index (κ2) is 9.25. The minimum atomic E-state index is -0.638. The van der Waals surface area contributed by atoms with Crippen molar-refractivity contribution in [3.63, 3.8) is 0 Å². The molecule has 2 aliphatic heterocycles. The van der Waals surface area contributed by atoms with Crippen molar-refractivity contribution >= 4 is 29.3 Å². The lowest BCUT2D eigenvalue weighted by molar-refractivity contribution is -0.154. The van der Waals surface area contributed by atoms with Gasteiger partial charge in [0.05, 0.1) is 11.0 Å². The summed E-state index contributed by atoms with van der Waals surface area (Å²) in [6.07, 6.45) is 3.63. The zero-order valence-electron chi connectivity index (χ0n) is 17.2. The SMILES string of the molecule is CN1CCCC2(CCCN2C(=O)CCn2c(CO)nc3ccccc32)C1=O.O=CO. The molecule has 9 heteroatoms. The summed E-state index contributed by atoms with van der Waals surface area (Å²) in [5, 5.41) is 16.5. The summed E-state index contributed by atoms with van der Waals surface area (Å²) in [6, 6.07) is 7.68. The van der Waals surface area contributed by atoms with E-state index in [2.05, 4.69) is 4.98 Å². The number of carbonyl (C=O) groups is 3. The van der Waals surface area contributed by atoms with Gasteiger partial charge in [-0.3, -0.25) is 14.4 Å². The van der Waals surface area contributed by atoms with E-state index in [1.165, 1.54) is 0 Å². The number of aromatic nitrogens is 2. The van der Waals surface area contributed by atoms with Crippen molar-refractivity contribution in [1.82, 2.24) is 19.4 Å². The zero-order valence-corrected chi connectivity index (χ0v) is 17.2. The van der Waals surface area contributed by atoms with Crippen LogP contribution in [0.2, 0.25) is 0 Å². The third-order valence-corrected chi connectivity index (χ3v) is 6.04. The maximum absolute atomic E-state index is 13.1. The molecule has 0 radical (unpaired) electrons. The van der Waals surface area contributed by atoms with E-state index in [4.69, 9.17) is 9.90 Å². The number of aryl methyl sites for hydroxylation is 1. The molecule has 2 aromatic rings. The number of likely N-dealkylation sites (tertiary alicyclic amines) is 2. The van der Waals surface area contributed by atoms with Gasteiger partial charge >= 0.3 is 0 Å². The summed E-state index contributed by atoms with van der Waals surface area (Å²) in [7, 11) is 1.83. The van der Waals surface area contributed by atoms with Crippen LogP contribution < -0.4 is 0 Å². The van der Waals surface area contributed by atoms with E-state index in [9.17, 15) is 14.7 Å². The number of carbonyl (C=O) groups excluding carboxylic acids is 2. The molecular formula is C21H28N4O5. The van der Waals surface area contributed by atoms with Gasteiger partial charge in [-0.2, -0.15) is 0 Å². The molecule has 162 valence electrons. The number of imidazole rings is 1. The Kier molecular flexibility index (Phi) is 6.71. The molecule has 0 aliphatic carbocycles. The number of amides is 2. The van der Waals surface area contributed by atoms with Gasteiger partial charge in [0.25, 0.3) is 6.47 Å². The number of aliphatic hydroxyl groups is 1. The van der Waals surface area contributed by atoms with Crippen molar-refractivity contribution in [3.8, 4) is 0 Å². The number of piperidine rings is 1. The maximum atomic E-state index is 13.1. The van der Waals surface area contributed by atoms with Crippen LogP contribution in [-0.2, 0) is 27.5 Å². The standard InChI is InChI=1S/C20H26N4O3.CH2O2/c1-22-11-4-9-20(19(22)27)10-5-12-24(20)18(26)8-13-23-16-7-3-2-6-15(16)21-17(23)14-25;2-1-3/h2-3,6-7,25H,4-5,8-14H2,1H3;1H,(H,2,3). The van der Waals surface area contributed by atoms with Crippen molar-refractivity contribution < 1.29 is 24.6 Å². The molecule has 0 bridgehead atoms. The highest BCUT2D eigenvalue weighted by Gasteiger charge is 2.51. The summed E-state index contributed by atoms with van der Waals surface area (Å²) in [5.74, 6) is 0.662. The monoisotopic (exact) mass is 416 g/mol. The van der Waals surface area contributed by atoms with Crippen molar-refractivity contribution in [2.45, 2.75) is 50.8 Å². The second-order valence-electron chi connectivity index (χ2n) is 7.69. The third kappa shape index (κ3) is 3.89. The van der Waals surface area contributed by atoms with E-state index in [1.807, 2.05) is 40.8 Å². The van der Waals surface area contributed by atoms with E-state index < -0.39 is 5.54 Å². The van der Waals surface area contributed by atoms with Crippen LogP contribution in [0.5, 0.6) is 0 Å². The van der Waals surface area contributed by atoms with Crippen molar-refractivity contribution in [2.24, 2.45) is 0 Å². The highest BCUT2D eigenvalue weighted by atomic mass is 16.3. The Morgan fingerprint density at radius 2 is 1.90 bits per heavy atom. The molecule has 0 saturated carbocycles. The molecule has 9 nitrogen and oxygen atoms in total. The Hall–Kier alpha value is -2.94. The van der Waals surface area contributed by atoms with Crippen LogP contribution in [0.4, 0.5) is 0 Å². The summed E-state index contributed by atoms with van der Waals surface area (Å²) >= 11 is 0. The van der Waals surface area contributed by atoms with Crippen LogP contribution >= 0.6 is 0 Å². The smallest absolute Gasteiger partial charge is 0.290 e. The molecule has 2 aliphatic rings. The van der Waals surface area contributed by atoms with E-state index in [0.29, 0.717) is 25.3 Å². The van der Waals surface area contributed by atoms with Crippen LogP contribution in [0.3, 0.4) is 0 Å². The van der Waals surface area contributed by atoms with Crippen LogP contribution in [0.25, 0.3) is 11.0 Å². The van der Waals surface area contributed by atoms with E-state index >= 15 is 0 Å². The number of carboxylic acid groups (broad SMARTS) is 1. The van der Waals surface area contributed by atoms with E-state index in [1.54, 1.807) is 4.90 Å². The lowest BCUT2D eigenvalue weighted by Gasteiger charge is -2.43. The van der Waals surface area contributed by atoms with Crippen LogP contribution in [0.1, 0.15) is 37.9 Å². The summed E-state index contributed by atoms with van der Waals surface area (Å²) in [4.78, 5) is 42.3. The van der Waals surface area contributed by atoms with Gasteiger partial charge in [-0.05, 0) is 37.8 Å². The van der Waals surface area contributed by atoms with Gasteiger partial charge in [0.1, 0.15) is 18.0 Å². The van der Waals surface area contributed by atoms with Gasteiger partial charge in [-0.1, -0.05) is 12.1 Å². The molecule has 2 fully saturated rings. The van der Waals surface area contributed by atoms with Gasteiger partial charge in [0.2, 0.25) is 11.8 Å². The number of hydrogen-bond donors (Lipinski definition) is 2. The predicted molar refractivity (Wildman–Crippen MR) is 110 cm³/mol. The molecule has 2 amide bonds. The molecule has 3 heterocycles. The molecule has 1 spiro atoms. The molecule has 2 saturated heterocycles. The first-order valence-electron chi connectivity index (χ1n) is 10.2. The van der Waals surface area contributed by atoms with Gasteiger partial charge < -0.3 is 24.6 Å². The van der Waals surface area contributed by atoms with E-state index in [0.717, 1.165) is 43.3 Å². The summed E-state index contributed by atoms with van der Waals surface area (Å²) in [5.41, 5.74) is 1.09. The number of rotatable bonds is 4. The first-order valence-corrected chi connectivity index (χ1v) is 10.2. The number of hydrogen-bond acceptors (Lipinski definition) is 5.